The molecule has 0 saturated heterocycles. The van der Waals surface area contributed by atoms with Gasteiger partial charge in [-0.05, 0) is 61.0 Å². The van der Waals surface area contributed by atoms with Crippen LogP contribution in [0.15, 0.2) is 29.6 Å². The van der Waals surface area contributed by atoms with Crippen LogP contribution in [0.3, 0.4) is 0 Å². The Labute approximate surface area is 124 Å². The summed E-state index contributed by atoms with van der Waals surface area (Å²) >= 11 is 8.17. The second-order valence-corrected chi connectivity index (χ2v) is 6.16. The molecule has 0 aliphatic heterocycles. The van der Waals surface area contributed by atoms with E-state index >= 15 is 0 Å². The number of hydrogen-bond donors (Lipinski definition) is 1. The van der Waals surface area contributed by atoms with Gasteiger partial charge < -0.3 is 5.32 Å². The Bertz CT molecular complexity index is 547. The topological polar surface area (TPSA) is 12.0 Å². The van der Waals surface area contributed by atoms with Crippen molar-refractivity contribution in [1.29, 1.82) is 0 Å². The zero-order valence-electron chi connectivity index (χ0n) is 11.7. The Morgan fingerprint density at radius 2 is 2.05 bits per heavy atom. The number of benzene rings is 1. The van der Waals surface area contributed by atoms with E-state index in [2.05, 4.69) is 42.7 Å². The molecule has 0 amide bonds. The minimum absolute atomic E-state index is 0.343. The fraction of sp³-hybridized carbons (Fsp3) is 0.375. The first kappa shape index (κ1) is 14.6. The van der Waals surface area contributed by atoms with Gasteiger partial charge in [0.25, 0.3) is 0 Å². The predicted molar refractivity (Wildman–Crippen MR) is 85.4 cm³/mol. The summed E-state index contributed by atoms with van der Waals surface area (Å²) < 4.78 is 0. The van der Waals surface area contributed by atoms with Crippen molar-refractivity contribution >= 4 is 22.9 Å². The van der Waals surface area contributed by atoms with E-state index in [4.69, 9.17) is 11.6 Å². The van der Waals surface area contributed by atoms with Gasteiger partial charge in [-0.2, -0.15) is 0 Å². The van der Waals surface area contributed by atoms with Crippen molar-refractivity contribution in [1.82, 2.24) is 5.32 Å². The molecule has 1 aromatic carbocycles. The molecule has 0 bridgehead atoms. The highest BCUT2D eigenvalue weighted by atomic mass is 35.5. The van der Waals surface area contributed by atoms with Crippen molar-refractivity contribution in [2.24, 2.45) is 0 Å². The Morgan fingerprint density at radius 3 is 2.68 bits per heavy atom. The van der Waals surface area contributed by atoms with Crippen LogP contribution in [0.1, 0.15) is 34.5 Å². The summed E-state index contributed by atoms with van der Waals surface area (Å²) in [6.45, 7) is 4.27. The average Bonchev–Trinajstić information content (AvgIpc) is 2.86. The standard InChI is InChI=1S/C16H20ClNS/c1-4-12-7-8-19-16(12)15(18-3)10-13-6-5-11(2)9-14(13)17/h5-9,15,18H,4,10H2,1-3H3. The van der Waals surface area contributed by atoms with Crippen molar-refractivity contribution in [3.63, 3.8) is 0 Å². The van der Waals surface area contributed by atoms with Gasteiger partial charge in [-0.15, -0.1) is 11.3 Å². The number of aryl methyl sites for hydroxylation is 2. The number of nitrogens with one attached hydrogen (secondary N) is 1. The number of halogens is 1. The molecular weight excluding hydrogens is 274 g/mol. The molecule has 0 fully saturated rings. The maximum Gasteiger partial charge on any atom is 0.0456 e. The summed E-state index contributed by atoms with van der Waals surface area (Å²) in [5.41, 5.74) is 3.86. The van der Waals surface area contributed by atoms with Crippen LogP contribution in [0.4, 0.5) is 0 Å². The zero-order chi connectivity index (χ0) is 13.8. The zero-order valence-corrected chi connectivity index (χ0v) is 13.2. The largest absolute Gasteiger partial charge is 0.312 e. The van der Waals surface area contributed by atoms with Gasteiger partial charge in [-0.3, -0.25) is 0 Å². The first-order valence-corrected chi connectivity index (χ1v) is 7.90. The molecule has 2 aromatic rings. The van der Waals surface area contributed by atoms with Gasteiger partial charge in [0.15, 0.2) is 0 Å². The van der Waals surface area contributed by atoms with Crippen LogP contribution in [-0.4, -0.2) is 7.05 Å². The van der Waals surface area contributed by atoms with Gasteiger partial charge in [-0.1, -0.05) is 30.7 Å². The minimum Gasteiger partial charge on any atom is -0.312 e. The molecule has 1 heterocycles. The molecule has 1 aromatic heterocycles. The molecule has 0 aliphatic rings. The predicted octanol–water partition coefficient (Wildman–Crippen LogP) is 4.78. The maximum absolute atomic E-state index is 6.34. The van der Waals surface area contributed by atoms with Crippen molar-refractivity contribution in [3.8, 4) is 0 Å². The van der Waals surface area contributed by atoms with Crippen molar-refractivity contribution in [2.75, 3.05) is 7.05 Å². The highest BCUT2D eigenvalue weighted by molar-refractivity contribution is 7.10. The fourth-order valence-electron chi connectivity index (χ4n) is 2.31. The Morgan fingerprint density at radius 1 is 1.26 bits per heavy atom. The van der Waals surface area contributed by atoms with Crippen LogP contribution in [0.2, 0.25) is 5.02 Å². The summed E-state index contributed by atoms with van der Waals surface area (Å²) in [6, 6.07) is 8.87. The van der Waals surface area contributed by atoms with Crippen LogP contribution < -0.4 is 5.32 Å². The molecule has 0 aliphatic carbocycles. The minimum atomic E-state index is 0.343. The third kappa shape index (κ3) is 3.38. The van der Waals surface area contributed by atoms with E-state index in [1.807, 2.05) is 24.5 Å². The van der Waals surface area contributed by atoms with E-state index < -0.39 is 0 Å². The van der Waals surface area contributed by atoms with Gasteiger partial charge in [-0.25, -0.2) is 0 Å². The maximum atomic E-state index is 6.34. The third-order valence-electron chi connectivity index (χ3n) is 3.46. The summed E-state index contributed by atoms with van der Waals surface area (Å²) in [4.78, 5) is 1.43. The molecule has 1 nitrogen and oxygen atoms in total. The van der Waals surface area contributed by atoms with Crippen LogP contribution in [0, 0.1) is 6.92 Å². The summed E-state index contributed by atoms with van der Waals surface area (Å²) in [7, 11) is 2.02. The average molecular weight is 294 g/mol. The Kier molecular flexibility index (Phi) is 5.03. The third-order valence-corrected chi connectivity index (χ3v) is 4.88. The molecule has 0 saturated carbocycles. The number of thiophene rings is 1. The second-order valence-electron chi connectivity index (χ2n) is 4.80. The van der Waals surface area contributed by atoms with Gasteiger partial charge in [0.2, 0.25) is 0 Å². The molecule has 3 heteroatoms. The van der Waals surface area contributed by atoms with Gasteiger partial charge in [0.05, 0.1) is 0 Å². The first-order valence-electron chi connectivity index (χ1n) is 6.64. The lowest BCUT2D eigenvalue weighted by atomic mass is 10.0. The molecule has 102 valence electrons. The highest BCUT2D eigenvalue weighted by Gasteiger charge is 2.16. The lowest BCUT2D eigenvalue weighted by molar-refractivity contribution is 0.597. The molecule has 2 rings (SSSR count). The van der Waals surface area contributed by atoms with E-state index in [1.54, 1.807) is 0 Å². The van der Waals surface area contributed by atoms with Crippen LogP contribution >= 0.6 is 22.9 Å². The van der Waals surface area contributed by atoms with Gasteiger partial charge in [0.1, 0.15) is 0 Å². The highest BCUT2D eigenvalue weighted by Crippen LogP contribution is 2.29. The summed E-state index contributed by atoms with van der Waals surface area (Å²) in [6.07, 6.45) is 2.02. The summed E-state index contributed by atoms with van der Waals surface area (Å²) in [5.74, 6) is 0. The van der Waals surface area contributed by atoms with Crippen LogP contribution in [0.5, 0.6) is 0 Å². The van der Waals surface area contributed by atoms with E-state index in [0.717, 1.165) is 17.9 Å². The molecule has 1 N–H and O–H groups in total. The first-order chi connectivity index (χ1) is 9.15. The number of rotatable bonds is 5. The summed E-state index contributed by atoms with van der Waals surface area (Å²) in [5, 5.41) is 6.47. The van der Waals surface area contributed by atoms with Crippen LogP contribution in [-0.2, 0) is 12.8 Å². The normalized spacial score (nSPS) is 12.6. The van der Waals surface area contributed by atoms with Crippen LogP contribution in [0.25, 0.3) is 0 Å². The number of likely N-dealkylation sites (N-methyl/N-ethyl adjacent to an activating group) is 1. The fourth-order valence-corrected chi connectivity index (χ4v) is 3.73. The van der Waals surface area contributed by atoms with Gasteiger partial charge >= 0.3 is 0 Å². The Balaban J connectivity index is 2.24. The lowest BCUT2D eigenvalue weighted by Crippen LogP contribution is -2.19. The molecule has 1 atom stereocenters. The SMILES string of the molecule is CCc1ccsc1C(Cc1ccc(C)cc1Cl)NC. The monoisotopic (exact) mass is 293 g/mol. The van der Waals surface area contributed by atoms with Gasteiger partial charge in [0, 0.05) is 15.9 Å². The van der Waals surface area contributed by atoms with E-state index in [1.165, 1.54) is 21.6 Å². The molecular formula is C16H20ClNS. The quantitative estimate of drug-likeness (QED) is 0.837. The van der Waals surface area contributed by atoms with E-state index in [0.29, 0.717) is 6.04 Å². The van der Waals surface area contributed by atoms with Crippen molar-refractivity contribution in [3.05, 3.63) is 56.2 Å². The van der Waals surface area contributed by atoms with Crippen molar-refractivity contribution < 1.29 is 0 Å². The van der Waals surface area contributed by atoms with E-state index in [9.17, 15) is 0 Å². The molecule has 0 radical (unpaired) electrons. The smallest absolute Gasteiger partial charge is 0.0456 e. The number of hydrogen-bond acceptors (Lipinski definition) is 2. The molecule has 19 heavy (non-hydrogen) atoms. The second kappa shape index (κ2) is 6.56. The molecule has 1 unspecified atom stereocenters. The Hall–Kier alpha value is -0.830. The van der Waals surface area contributed by atoms with E-state index in [-0.39, 0.29) is 0 Å². The van der Waals surface area contributed by atoms with Crippen molar-refractivity contribution in [2.45, 2.75) is 32.7 Å². The molecule has 0 spiro atoms. The lowest BCUT2D eigenvalue weighted by Gasteiger charge is -2.17.